The van der Waals surface area contributed by atoms with E-state index in [9.17, 15) is 0 Å². The van der Waals surface area contributed by atoms with E-state index in [1.165, 1.54) is 38.8 Å². The second-order valence-corrected chi connectivity index (χ2v) is 4.50. The molecule has 0 radical (unpaired) electrons. The van der Waals surface area contributed by atoms with Gasteiger partial charge in [0.2, 0.25) is 0 Å². The Bertz CT molecular complexity index is 93.3. The Hall–Kier alpha value is -0.0400. The van der Waals surface area contributed by atoms with Crippen molar-refractivity contribution in [2.45, 2.75) is 53.4 Å². The van der Waals surface area contributed by atoms with Crippen LogP contribution in [0.3, 0.4) is 0 Å². The highest BCUT2D eigenvalue weighted by Gasteiger charge is 2.05. The van der Waals surface area contributed by atoms with E-state index in [0.717, 1.165) is 11.8 Å². The van der Waals surface area contributed by atoms with Crippen molar-refractivity contribution in [1.82, 2.24) is 5.32 Å². The average Bonchev–Trinajstić information content (AvgIpc) is 2.04. The van der Waals surface area contributed by atoms with E-state index in [1.54, 1.807) is 0 Å². The smallest absolute Gasteiger partial charge is 0.00204 e. The van der Waals surface area contributed by atoms with E-state index in [2.05, 4.69) is 33.0 Å². The maximum atomic E-state index is 3.55. The van der Waals surface area contributed by atoms with Crippen LogP contribution in [-0.4, -0.2) is 13.1 Å². The molecule has 13 heavy (non-hydrogen) atoms. The monoisotopic (exact) mass is 185 g/mol. The Morgan fingerprint density at radius 2 is 1.46 bits per heavy atom. The van der Waals surface area contributed by atoms with Gasteiger partial charge in [-0.2, -0.15) is 0 Å². The molecule has 1 heteroatoms. The van der Waals surface area contributed by atoms with Crippen LogP contribution in [0.15, 0.2) is 0 Å². The number of nitrogens with one attached hydrogen (secondary N) is 1. The molecular formula is C12H27N. The van der Waals surface area contributed by atoms with Crippen LogP contribution in [0.2, 0.25) is 0 Å². The summed E-state index contributed by atoms with van der Waals surface area (Å²) in [6.07, 6.45) is 5.43. The van der Waals surface area contributed by atoms with Gasteiger partial charge in [0.15, 0.2) is 0 Å². The fourth-order valence-corrected chi connectivity index (χ4v) is 1.74. The molecule has 0 aliphatic rings. The van der Waals surface area contributed by atoms with Crippen LogP contribution in [0.25, 0.3) is 0 Å². The van der Waals surface area contributed by atoms with Crippen LogP contribution in [0.4, 0.5) is 0 Å². The van der Waals surface area contributed by atoms with Crippen molar-refractivity contribution in [3.63, 3.8) is 0 Å². The highest BCUT2D eigenvalue weighted by atomic mass is 14.9. The second kappa shape index (κ2) is 8.55. The summed E-state index contributed by atoms with van der Waals surface area (Å²) < 4.78 is 0. The predicted molar refractivity (Wildman–Crippen MR) is 61.0 cm³/mol. The lowest BCUT2D eigenvalue weighted by molar-refractivity contribution is 0.397. The molecule has 0 spiro atoms. The van der Waals surface area contributed by atoms with E-state index >= 15 is 0 Å². The van der Waals surface area contributed by atoms with Crippen LogP contribution in [-0.2, 0) is 0 Å². The fraction of sp³-hybridized carbons (Fsp3) is 1.00. The van der Waals surface area contributed by atoms with Crippen LogP contribution in [0.5, 0.6) is 0 Å². The lowest BCUT2D eigenvalue weighted by atomic mass is 9.98. The second-order valence-electron chi connectivity index (χ2n) is 4.50. The Labute approximate surface area is 84.3 Å². The molecule has 0 atom stereocenters. The number of rotatable bonds is 8. The van der Waals surface area contributed by atoms with Gasteiger partial charge in [-0.15, -0.1) is 0 Å². The summed E-state index contributed by atoms with van der Waals surface area (Å²) in [7, 11) is 0. The summed E-state index contributed by atoms with van der Waals surface area (Å²) in [5, 5.41) is 3.55. The van der Waals surface area contributed by atoms with Crippen molar-refractivity contribution < 1.29 is 0 Å². The third-order valence-electron chi connectivity index (χ3n) is 2.38. The Morgan fingerprint density at radius 3 is 1.85 bits per heavy atom. The first-order valence-corrected chi connectivity index (χ1v) is 5.91. The van der Waals surface area contributed by atoms with E-state index in [-0.39, 0.29) is 0 Å². The summed E-state index contributed by atoms with van der Waals surface area (Å²) >= 11 is 0. The van der Waals surface area contributed by atoms with Gasteiger partial charge in [0.1, 0.15) is 0 Å². The summed E-state index contributed by atoms with van der Waals surface area (Å²) in [5.74, 6) is 1.69. The minimum atomic E-state index is 0.781. The molecule has 80 valence electrons. The Kier molecular flexibility index (Phi) is 8.53. The molecular weight excluding hydrogens is 158 g/mol. The Balaban J connectivity index is 3.44. The molecule has 0 amide bonds. The maximum Gasteiger partial charge on any atom is -0.00204 e. The quantitative estimate of drug-likeness (QED) is 0.611. The van der Waals surface area contributed by atoms with Crippen LogP contribution in [0.1, 0.15) is 53.4 Å². The Morgan fingerprint density at radius 1 is 0.923 bits per heavy atom. The van der Waals surface area contributed by atoms with E-state index in [1.807, 2.05) is 0 Å². The molecule has 0 heterocycles. The van der Waals surface area contributed by atoms with Gasteiger partial charge >= 0.3 is 0 Å². The van der Waals surface area contributed by atoms with Crippen molar-refractivity contribution in [2.75, 3.05) is 13.1 Å². The van der Waals surface area contributed by atoms with Gasteiger partial charge < -0.3 is 5.32 Å². The molecule has 0 aliphatic carbocycles. The first-order valence-electron chi connectivity index (χ1n) is 5.91. The van der Waals surface area contributed by atoms with Gasteiger partial charge in [-0.05, 0) is 37.8 Å². The fourth-order valence-electron chi connectivity index (χ4n) is 1.74. The zero-order valence-electron chi connectivity index (χ0n) is 9.90. The van der Waals surface area contributed by atoms with Gasteiger partial charge in [0, 0.05) is 0 Å². The minimum Gasteiger partial charge on any atom is -0.316 e. The largest absolute Gasteiger partial charge is 0.316 e. The van der Waals surface area contributed by atoms with Gasteiger partial charge in [-0.25, -0.2) is 0 Å². The molecule has 0 rings (SSSR count). The summed E-state index contributed by atoms with van der Waals surface area (Å²) in [6.45, 7) is 11.5. The van der Waals surface area contributed by atoms with Gasteiger partial charge in [0.25, 0.3) is 0 Å². The molecule has 0 aromatic rings. The molecule has 0 fully saturated rings. The van der Waals surface area contributed by atoms with E-state index in [0.29, 0.717) is 0 Å². The molecule has 0 aromatic heterocycles. The first kappa shape index (κ1) is 13.0. The maximum absolute atomic E-state index is 3.55. The van der Waals surface area contributed by atoms with Crippen molar-refractivity contribution in [2.24, 2.45) is 11.8 Å². The lowest BCUT2D eigenvalue weighted by Gasteiger charge is -2.16. The third kappa shape index (κ3) is 8.29. The van der Waals surface area contributed by atoms with E-state index in [4.69, 9.17) is 0 Å². The normalized spacial score (nSPS) is 11.5. The third-order valence-corrected chi connectivity index (χ3v) is 2.38. The average molecular weight is 185 g/mol. The molecule has 0 bridgehead atoms. The molecule has 0 aromatic carbocycles. The molecule has 0 aliphatic heterocycles. The number of hydrogen-bond acceptors (Lipinski definition) is 1. The number of hydrogen-bond donors (Lipinski definition) is 1. The standard InChI is InChI=1S/C12H27N/c1-5-7-12(8-6-2)10-13-9-11(3)4/h11-13H,5-10H2,1-4H3. The van der Waals surface area contributed by atoms with Crippen LogP contribution < -0.4 is 5.32 Å². The van der Waals surface area contributed by atoms with Crippen molar-refractivity contribution >= 4 is 0 Å². The molecule has 0 saturated heterocycles. The molecule has 1 nitrogen and oxygen atoms in total. The van der Waals surface area contributed by atoms with Crippen LogP contribution in [0, 0.1) is 11.8 Å². The first-order chi connectivity index (χ1) is 6.20. The van der Waals surface area contributed by atoms with Crippen molar-refractivity contribution in [1.29, 1.82) is 0 Å². The van der Waals surface area contributed by atoms with Gasteiger partial charge in [-0.1, -0.05) is 40.5 Å². The lowest BCUT2D eigenvalue weighted by Crippen LogP contribution is -2.26. The SMILES string of the molecule is CCCC(CCC)CNCC(C)C. The molecule has 1 N–H and O–H groups in total. The van der Waals surface area contributed by atoms with Crippen molar-refractivity contribution in [3.8, 4) is 0 Å². The topological polar surface area (TPSA) is 12.0 Å². The van der Waals surface area contributed by atoms with Crippen molar-refractivity contribution in [3.05, 3.63) is 0 Å². The molecule has 0 saturated carbocycles. The van der Waals surface area contributed by atoms with E-state index < -0.39 is 0 Å². The van der Waals surface area contributed by atoms with Crippen LogP contribution >= 0.6 is 0 Å². The van der Waals surface area contributed by atoms with Gasteiger partial charge in [0.05, 0.1) is 0 Å². The predicted octanol–water partition coefficient (Wildman–Crippen LogP) is 3.45. The minimum absolute atomic E-state index is 0.781. The summed E-state index contributed by atoms with van der Waals surface area (Å²) in [5.41, 5.74) is 0. The highest BCUT2D eigenvalue weighted by Crippen LogP contribution is 2.12. The zero-order chi connectivity index (χ0) is 10.1. The zero-order valence-corrected chi connectivity index (χ0v) is 9.90. The van der Waals surface area contributed by atoms with Gasteiger partial charge in [-0.3, -0.25) is 0 Å². The summed E-state index contributed by atoms with van der Waals surface area (Å²) in [4.78, 5) is 0. The highest BCUT2D eigenvalue weighted by molar-refractivity contribution is 4.62. The summed E-state index contributed by atoms with van der Waals surface area (Å²) in [6, 6.07) is 0. The molecule has 0 unspecified atom stereocenters.